The van der Waals surface area contributed by atoms with Crippen molar-refractivity contribution in [2.75, 3.05) is 0 Å². The van der Waals surface area contributed by atoms with Gasteiger partial charge in [0.1, 0.15) is 17.4 Å². The van der Waals surface area contributed by atoms with Crippen LogP contribution in [0.2, 0.25) is 0 Å². The van der Waals surface area contributed by atoms with Crippen LogP contribution in [-0.4, -0.2) is 6.36 Å². The summed E-state index contributed by atoms with van der Waals surface area (Å²) < 4.78 is 82.2. The lowest BCUT2D eigenvalue weighted by Crippen LogP contribution is -2.16. The van der Waals surface area contributed by atoms with E-state index in [0.29, 0.717) is 12.0 Å². The Hall–Kier alpha value is -2.88. The van der Waals surface area contributed by atoms with Crippen LogP contribution in [0.1, 0.15) is 49.3 Å². The van der Waals surface area contributed by atoms with Gasteiger partial charge < -0.3 is 4.74 Å². The Morgan fingerprint density at radius 1 is 0.966 bits per heavy atom. The molecule has 0 atom stereocenters. The second kappa shape index (κ2) is 10.1. The highest BCUT2D eigenvalue weighted by Gasteiger charge is 2.30. The minimum atomic E-state index is -4.79. The maximum Gasteiger partial charge on any atom is 0.573 e. The van der Waals surface area contributed by atoms with Crippen LogP contribution in [0, 0.1) is 17.7 Å². The molecule has 0 heterocycles. The van der Waals surface area contributed by atoms with Crippen molar-refractivity contribution < 1.29 is 31.1 Å². The fraction of sp³-hybridized carbons (Fsp3) is 0.273. The van der Waals surface area contributed by atoms with E-state index in [1.807, 2.05) is 6.92 Å². The molecule has 2 aromatic carbocycles. The monoisotopic (exact) mass is 412 g/mol. The molecule has 154 valence electrons. The first-order chi connectivity index (χ1) is 13.7. The lowest BCUT2D eigenvalue weighted by Gasteiger charge is -2.08. The number of allylic oxidation sites excluding steroid dienone is 1. The predicted octanol–water partition coefficient (Wildman–Crippen LogP) is 7.31. The van der Waals surface area contributed by atoms with E-state index in [1.54, 1.807) is 0 Å². The Labute approximate surface area is 165 Å². The zero-order valence-electron chi connectivity index (χ0n) is 15.5. The Balaban J connectivity index is 2.13. The van der Waals surface area contributed by atoms with Crippen LogP contribution in [-0.2, 0) is 0 Å². The van der Waals surface area contributed by atoms with E-state index in [2.05, 4.69) is 16.6 Å². The van der Waals surface area contributed by atoms with Gasteiger partial charge in [0.25, 0.3) is 0 Å². The van der Waals surface area contributed by atoms with Gasteiger partial charge in [-0.05, 0) is 42.8 Å². The summed E-state index contributed by atoms with van der Waals surface area (Å²) in [7, 11) is 0. The first kappa shape index (κ1) is 22.4. The normalized spacial score (nSPS) is 12.1. The number of halogens is 6. The summed E-state index contributed by atoms with van der Waals surface area (Å²) in [6, 6.07) is 8.04. The van der Waals surface area contributed by atoms with Crippen LogP contribution >= 0.6 is 0 Å². The third kappa shape index (κ3) is 7.22. The van der Waals surface area contributed by atoms with Gasteiger partial charge in [0.15, 0.2) is 5.83 Å². The van der Waals surface area contributed by atoms with Crippen molar-refractivity contribution in [2.45, 2.75) is 39.0 Å². The maximum absolute atomic E-state index is 14.2. The van der Waals surface area contributed by atoms with E-state index < -0.39 is 29.6 Å². The molecule has 0 saturated heterocycles. The largest absolute Gasteiger partial charge is 0.573 e. The molecule has 0 saturated carbocycles. The van der Waals surface area contributed by atoms with Crippen LogP contribution in [0.4, 0.5) is 26.3 Å². The van der Waals surface area contributed by atoms with Crippen molar-refractivity contribution in [3.05, 3.63) is 70.8 Å². The first-order valence-electron chi connectivity index (χ1n) is 8.91. The summed E-state index contributed by atoms with van der Waals surface area (Å²) in [5.74, 6) is 1.86. The molecule has 29 heavy (non-hydrogen) atoms. The lowest BCUT2D eigenvalue weighted by atomic mass is 10.1. The van der Waals surface area contributed by atoms with Gasteiger partial charge in [-0.15, -0.1) is 13.2 Å². The van der Waals surface area contributed by atoms with Crippen LogP contribution in [0.5, 0.6) is 5.75 Å². The lowest BCUT2D eigenvalue weighted by molar-refractivity contribution is -0.274. The molecule has 0 aliphatic carbocycles. The summed E-state index contributed by atoms with van der Waals surface area (Å²) in [6.07, 6.45) is -2.69. The molecule has 0 bridgehead atoms. The van der Waals surface area contributed by atoms with E-state index >= 15 is 0 Å². The molecule has 2 rings (SSSR count). The highest BCUT2D eigenvalue weighted by Crippen LogP contribution is 2.26. The molecule has 0 unspecified atom stereocenters. The second-order valence-electron chi connectivity index (χ2n) is 6.19. The average Bonchev–Trinajstić information content (AvgIpc) is 2.66. The zero-order chi connectivity index (χ0) is 21.4. The van der Waals surface area contributed by atoms with Crippen molar-refractivity contribution in [3.8, 4) is 17.6 Å². The van der Waals surface area contributed by atoms with Gasteiger partial charge in [0, 0.05) is 17.5 Å². The number of benzene rings is 2. The molecule has 0 aliphatic heterocycles. The molecule has 0 spiro atoms. The van der Waals surface area contributed by atoms with Gasteiger partial charge in [-0.1, -0.05) is 37.7 Å². The topological polar surface area (TPSA) is 9.23 Å². The van der Waals surface area contributed by atoms with E-state index in [4.69, 9.17) is 0 Å². The molecule has 2 aromatic rings. The third-order valence-electron chi connectivity index (χ3n) is 3.89. The number of rotatable bonds is 6. The Bertz CT molecular complexity index is 917. The first-order valence-corrected chi connectivity index (χ1v) is 8.91. The molecule has 0 aliphatic rings. The minimum absolute atomic E-state index is 0.0447. The maximum atomic E-state index is 14.2. The number of unbranched alkanes of at least 4 members (excludes halogenated alkanes) is 2. The molecular weight excluding hydrogens is 394 g/mol. The summed E-state index contributed by atoms with van der Waals surface area (Å²) in [6.45, 7) is 1.94. The fourth-order valence-electron chi connectivity index (χ4n) is 2.43. The average molecular weight is 412 g/mol. The van der Waals surface area contributed by atoms with E-state index in [1.165, 1.54) is 24.3 Å². The highest BCUT2D eigenvalue weighted by atomic mass is 19.4. The fourth-order valence-corrected chi connectivity index (χ4v) is 2.43. The van der Waals surface area contributed by atoms with Crippen molar-refractivity contribution in [1.29, 1.82) is 0 Å². The summed E-state index contributed by atoms with van der Waals surface area (Å²) in [5.41, 5.74) is 0.0651. The van der Waals surface area contributed by atoms with Crippen molar-refractivity contribution in [1.82, 2.24) is 0 Å². The minimum Gasteiger partial charge on any atom is -0.406 e. The molecule has 0 radical (unpaired) electrons. The Morgan fingerprint density at radius 2 is 1.66 bits per heavy atom. The molecule has 1 nitrogen and oxygen atoms in total. The number of alkyl halides is 3. The SMILES string of the molecule is CCCCCC(F)=C(F)c1ccc(C#Cc2ccc(OC(F)(F)F)cc2)c(F)c1. The van der Waals surface area contributed by atoms with Gasteiger partial charge >= 0.3 is 6.36 Å². The van der Waals surface area contributed by atoms with Gasteiger partial charge in [-0.2, -0.15) is 0 Å². The summed E-state index contributed by atoms with van der Waals surface area (Å²) in [5, 5.41) is 0. The number of hydrogen-bond acceptors (Lipinski definition) is 1. The van der Waals surface area contributed by atoms with Gasteiger partial charge in [0.05, 0.1) is 5.56 Å². The van der Waals surface area contributed by atoms with Gasteiger partial charge in [-0.3, -0.25) is 0 Å². The highest BCUT2D eigenvalue weighted by molar-refractivity contribution is 5.62. The van der Waals surface area contributed by atoms with E-state index in [9.17, 15) is 26.3 Å². The van der Waals surface area contributed by atoms with Crippen molar-refractivity contribution in [2.24, 2.45) is 0 Å². The van der Waals surface area contributed by atoms with Crippen molar-refractivity contribution >= 4 is 5.83 Å². The quantitative estimate of drug-likeness (QED) is 0.275. The molecular formula is C22H18F6O. The Morgan fingerprint density at radius 3 is 2.24 bits per heavy atom. The van der Waals surface area contributed by atoms with Crippen LogP contribution in [0.25, 0.3) is 5.83 Å². The van der Waals surface area contributed by atoms with Gasteiger partial charge in [-0.25, -0.2) is 13.2 Å². The van der Waals surface area contributed by atoms with E-state index in [-0.39, 0.29) is 17.5 Å². The van der Waals surface area contributed by atoms with Crippen LogP contribution in [0.3, 0.4) is 0 Å². The van der Waals surface area contributed by atoms with Gasteiger partial charge in [0.2, 0.25) is 0 Å². The van der Waals surface area contributed by atoms with Crippen LogP contribution in [0.15, 0.2) is 48.3 Å². The predicted molar refractivity (Wildman–Crippen MR) is 98.8 cm³/mol. The van der Waals surface area contributed by atoms with E-state index in [0.717, 1.165) is 31.0 Å². The smallest absolute Gasteiger partial charge is 0.406 e. The second-order valence-corrected chi connectivity index (χ2v) is 6.19. The van der Waals surface area contributed by atoms with Crippen molar-refractivity contribution in [3.63, 3.8) is 0 Å². The summed E-state index contributed by atoms with van der Waals surface area (Å²) in [4.78, 5) is 0. The van der Waals surface area contributed by atoms with Crippen LogP contribution < -0.4 is 4.74 Å². The molecule has 7 heteroatoms. The molecule has 0 aromatic heterocycles. The number of ether oxygens (including phenoxy) is 1. The standard InChI is InChI=1S/C22H18F6O/c1-2-3-4-5-19(23)21(25)17-11-10-16(20(24)14-17)9-6-15-7-12-18(13-8-15)29-22(26,27)28/h7-8,10-14H,2-5H2,1H3. The summed E-state index contributed by atoms with van der Waals surface area (Å²) >= 11 is 0. The third-order valence-corrected chi connectivity index (χ3v) is 3.89. The Kier molecular flexibility index (Phi) is 7.77. The molecule has 0 amide bonds. The molecule has 0 N–H and O–H groups in total. The molecule has 0 fully saturated rings. The number of hydrogen-bond donors (Lipinski definition) is 0. The zero-order valence-corrected chi connectivity index (χ0v) is 15.5.